The molecular weight excluding hydrogens is 234 g/mol. The molecule has 0 fully saturated rings. The molecule has 0 aromatic carbocycles. The molecule has 98 valence electrons. The molecule has 1 unspecified atom stereocenters. The van der Waals surface area contributed by atoms with Crippen LogP contribution in [0.15, 0.2) is 17.5 Å². The highest BCUT2D eigenvalue weighted by atomic mass is 32.1. The van der Waals surface area contributed by atoms with Crippen molar-refractivity contribution in [2.24, 2.45) is 0 Å². The smallest absolute Gasteiger partial charge is 0.101 e. The van der Waals surface area contributed by atoms with E-state index >= 15 is 0 Å². The maximum atomic E-state index is 9.80. The number of nitrogens with one attached hydrogen (secondary N) is 1. The number of aliphatic hydroxyl groups excluding tert-OH is 1. The largest absolute Gasteiger partial charge is 0.386 e. The van der Waals surface area contributed by atoms with Gasteiger partial charge in [-0.2, -0.15) is 0 Å². The minimum atomic E-state index is -0.379. The second kappa shape index (κ2) is 9.59. The van der Waals surface area contributed by atoms with Crippen LogP contribution in [0.1, 0.15) is 37.2 Å². The SMILES string of the molecule is CCCCOCCCNCC(O)c1cccs1. The van der Waals surface area contributed by atoms with Gasteiger partial charge in [0.05, 0.1) is 0 Å². The maximum absolute atomic E-state index is 9.80. The number of hydrogen-bond donors (Lipinski definition) is 2. The summed E-state index contributed by atoms with van der Waals surface area (Å²) < 4.78 is 5.45. The van der Waals surface area contributed by atoms with Crippen molar-refractivity contribution in [1.82, 2.24) is 5.32 Å². The van der Waals surface area contributed by atoms with Gasteiger partial charge in [0.2, 0.25) is 0 Å². The molecule has 0 saturated carbocycles. The Morgan fingerprint density at radius 1 is 1.41 bits per heavy atom. The Balaban J connectivity index is 1.90. The molecule has 0 radical (unpaired) electrons. The molecule has 4 heteroatoms. The van der Waals surface area contributed by atoms with Crippen LogP contribution in [0.4, 0.5) is 0 Å². The number of rotatable bonds is 10. The quantitative estimate of drug-likeness (QED) is 0.633. The molecule has 1 atom stereocenters. The van der Waals surface area contributed by atoms with Crippen LogP contribution in [0.5, 0.6) is 0 Å². The van der Waals surface area contributed by atoms with E-state index in [0.717, 1.165) is 37.5 Å². The summed E-state index contributed by atoms with van der Waals surface area (Å²) in [4.78, 5) is 1.02. The number of unbranched alkanes of at least 4 members (excludes halogenated alkanes) is 1. The van der Waals surface area contributed by atoms with Crippen molar-refractivity contribution in [3.63, 3.8) is 0 Å². The lowest BCUT2D eigenvalue weighted by atomic mass is 10.3. The van der Waals surface area contributed by atoms with Gasteiger partial charge in [-0.3, -0.25) is 0 Å². The van der Waals surface area contributed by atoms with E-state index in [1.807, 2.05) is 17.5 Å². The van der Waals surface area contributed by atoms with Gasteiger partial charge in [-0.15, -0.1) is 11.3 Å². The Morgan fingerprint density at radius 2 is 2.24 bits per heavy atom. The van der Waals surface area contributed by atoms with Crippen molar-refractivity contribution >= 4 is 11.3 Å². The number of aliphatic hydroxyl groups is 1. The molecule has 0 spiro atoms. The Bertz CT molecular complexity index is 264. The van der Waals surface area contributed by atoms with E-state index in [-0.39, 0.29) is 6.10 Å². The lowest BCUT2D eigenvalue weighted by molar-refractivity contribution is 0.126. The molecule has 2 N–H and O–H groups in total. The third-order valence-corrected chi connectivity index (χ3v) is 3.47. The fourth-order valence-electron chi connectivity index (χ4n) is 1.47. The number of ether oxygens (including phenoxy) is 1. The molecular formula is C13H23NO2S. The van der Waals surface area contributed by atoms with Crippen molar-refractivity contribution in [2.75, 3.05) is 26.3 Å². The lowest BCUT2D eigenvalue weighted by Gasteiger charge is -2.10. The zero-order valence-electron chi connectivity index (χ0n) is 10.5. The molecule has 1 heterocycles. The van der Waals surface area contributed by atoms with Gasteiger partial charge in [0.15, 0.2) is 0 Å². The molecule has 0 saturated heterocycles. The number of hydrogen-bond acceptors (Lipinski definition) is 4. The first-order valence-electron chi connectivity index (χ1n) is 6.34. The second-order valence-electron chi connectivity index (χ2n) is 4.05. The fraction of sp³-hybridized carbons (Fsp3) is 0.692. The summed E-state index contributed by atoms with van der Waals surface area (Å²) in [6.45, 7) is 5.36. The molecule has 0 aliphatic rings. The first-order valence-corrected chi connectivity index (χ1v) is 7.22. The van der Waals surface area contributed by atoms with Crippen LogP contribution >= 0.6 is 11.3 Å². The summed E-state index contributed by atoms with van der Waals surface area (Å²) in [5.74, 6) is 0. The Kier molecular flexibility index (Phi) is 8.26. The summed E-state index contributed by atoms with van der Waals surface area (Å²) in [6, 6.07) is 3.93. The highest BCUT2D eigenvalue weighted by molar-refractivity contribution is 7.10. The molecule has 1 aromatic rings. The topological polar surface area (TPSA) is 41.5 Å². The van der Waals surface area contributed by atoms with E-state index in [0.29, 0.717) is 6.54 Å². The van der Waals surface area contributed by atoms with E-state index in [2.05, 4.69) is 12.2 Å². The van der Waals surface area contributed by atoms with Gasteiger partial charge in [-0.1, -0.05) is 19.4 Å². The van der Waals surface area contributed by atoms with Gasteiger partial charge in [0.25, 0.3) is 0 Å². The Hall–Kier alpha value is -0.420. The van der Waals surface area contributed by atoms with Crippen molar-refractivity contribution < 1.29 is 9.84 Å². The highest BCUT2D eigenvalue weighted by Gasteiger charge is 2.06. The summed E-state index contributed by atoms with van der Waals surface area (Å²) >= 11 is 1.59. The minimum Gasteiger partial charge on any atom is -0.386 e. The van der Waals surface area contributed by atoms with Crippen LogP contribution in [0.2, 0.25) is 0 Å². The molecule has 3 nitrogen and oxygen atoms in total. The fourth-order valence-corrected chi connectivity index (χ4v) is 2.18. The second-order valence-corrected chi connectivity index (χ2v) is 5.03. The first-order chi connectivity index (χ1) is 8.34. The molecule has 1 aromatic heterocycles. The zero-order chi connectivity index (χ0) is 12.3. The van der Waals surface area contributed by atoms with Crippen LogP contribution in [0, 0.1) is 0 Å². The third kappa shape index (κ3) is 6.78. The highest BCUT2D eigenvalue weighted by Crippen LogP contribution is 2.17. The van der Waals surface area contributed by atoms with Crippen molar-refractivity contribution in [1.29, 1.82) is 0 Å². The normalized spacial score (nSPS) is 12.8. The van der Waals surface area contributed by atoms with E-state index < -0.39 is 0 Å². The summed E-state index contributed by atoms with van der Waals surface area (Å²) in [6.07, 6.45) is 2.95. The number of thiophene rings is 1. The predicted molar refractivity (Wildman–Crippen MR) is 72.5 cm³/mol. The molecule has 1 rings (SSSR count). The van der Waals surface area contributed by atoms with Crippen molar-refractivity contribution in [3.05, 3.63) is 22.4 Å². The van der Waals surface area contributed by atoms with Crippen molar-refractivity contribution in [2.45, 2.75) is 32.3 Å². The van der Waals surface area contributed by atoms with E-state index in [4.69, 9.17) is 4.74 Å². The average molecular weight is 257 g/mol. The van der Waals surface area contributed by atoms with Gasteiger partial charge in [0, 0.05) is 24.6 Å². The monoisotopic (exact) mass is 257 g/mol. The van der Waals surface area contributed by atoms with Crippen LogP contribution in [-0.2, 0) is 4.74 Å². The summed E-state index contributed by atoms with van der Waals surface area (Å²) in [5.41, 5.74) is 0. The maximum Gasteiger partial charge on any atom is 0.101 e. The molecule has 0 aliphatic carbocycles. The van der Waals surface area contributed by atoms with Crippen molar-refractivity contribution in [3.8, 4) is 0 Å². The van der Waals surface area contributed by atoms with Gasteiger partial charge >= 0.3 is 0 Å². The third-order valence-electron chi connectivity index (χ3n) is 2.49. The van der Waals surface area contributed by atoms with Crippen LogP contribution in [-0.4, -0.2) is 31.4 Å². The van der Waals surface area contributed by atoms with Gasteiger partial charge in [-0.25, -0.2) is 0 Å². The van der Waals surface area contributed by atoms with E-state index in [9.17, 15) is 5.11 Å². The van der Waals surface area contributed by atoms with Crippen LogP contribution < -0.4 is 5.32 Å². The summed E-state index contributed by atoms with van der Waals surface area (Å²) in [5, 5.41) is 15.0. The molecule has 0 bridgehead atoms. The van der Waals surface area contributed by atoms with Crippen LogP contribution in [0.25, 0.3) is 0 Å². The predicted octanol–water partition coefficient (Wildman–Crippen LogP) is 2.58. The lowest BCUT2D eigenvalue weighted by Crippen LogP contribution is -2.23. The average Bonchev–Trinajstić information content (AvgIpc) is 2.86. The van der Waals surface area contributed by atoms with E-state index in [1.54, 1.807) is 11.3 Å². The molecule has 0 amide bonds. The molecule has 0 aliphatic heterocycles. The van der Waals surface area contributed by atoms with Crippen LogP contribution in [0.3, 0.4) is 0 Å². The Labute approximate surface area is 108 Å². The summed E-state index contributed by atoms with van der Waals surface area (Å²) in [7, 11) is 0. The molecule has 17 heavy (non-hydrogen) atoms. The first kappa shape index (κ1) is 14.6. The zero-order valence-corrected chi connectivity index (χ0v) is 11.3. The van der Waals surface area contributed by atoms with Gasteiger partial charge in [-0.05, 0) is 30.8 Å². The van der Waals surface area contributed by atoms with E-state index in [1.165, 1.54) is 6.42 Å². The minimum absolute atomic E-state index is 0.379. The van der Waals surface area contributed by atoms with Gasteiger partial charge < -0.3 is 15.2 Å². The standard InChI is InChI=1S/C13H23NO2S/c1-2-3-8-16-9-5-7-14-11-12(15)13-6-4-10-17-13/h4,6,10,12,14-15H,2-3,5,7-9,11H2,1H3. The van der Waals surface area contributed by atoms with Gasteiger partial charge in [0.1, 0.15) is 6.10 Å². The Morgan fingerprint density at radius 3 is 2.94 bits per heavy atom.